The number of nitrogens with one attached hydrogen (secondary N) is 2. The molecule has 3 aromatic rings. The Hall–Kier alpha value is -3.63. The molecule has 0 unspecified atom stereocenters. The number of halogens is 1. The smallest absolute Gasteiger partial charge is 0.340 e. The normalized spacial score (nSPS) is 11.1. The minimum absolute atomic E-state index is 0.00550. The van der Waals surface area contributed by atoms with Crippen molar-refractivity contribution in [1.82, 2.24) is 4.68 Å². The van der Waals surface area contributed by atoms with E-state index in [1.165, 1.54) is 49.9 Å². The van der Waals surface area contributed by atoms with Crippen molar-refractivity contribution in [3.8, 4) is 0 Å². The molecule has 0 saturated carbocycles. The monoisotopic (exact) mass is 503 g/mol. The Balaban J connectivity index is 1.92. The van der Waals surface area contributed by atoms with Crippen LogP contribution in [0.25, 0.3) is 0 Å². The van der Waals surface area contributed by atoms with Crippen LogP contribution in [0, 0.1) is 13.8 Å². The van der Waals surface area contributed by atoms with Crippen LogP contribution in [0.5, 0.6) is 0 Å². The molecule has 0 saturated heterocycles. The quantitative estimate of drug-likeness (QED) is 0.476. The maximum atomic E-state index is 13.0. The highest BCUT2D eigenvalue weighted by molar-refractivity contribution is 7.92. The van der Waals surface area contributed by atoms with E-state index in [0.29, 0.717) is 10.7 Å². The Kier molecular flexibility index (Phi) is 7.43. The second kappa shape index (κ2) is 10.1. The van der Waals surface area contributed by atoms with Crippen LogP contribution in [0.15, 0.2) is 59.5 Å². The minimum Gasteiger partial charge on any atom is -0.465 e. The van der Waals surface area contributed by atoms with Crippen molar-refractivity contribution >= 4 is 44.9 Å². The van der Waals surface area contributed by atoms with E-state index in [-0.39, 0.29) is 27.4 Å². The number of anilines is 1. The van der Waals surface area contributed by atoms with E-state index < -0.39 is 33.4 Å². The molecule has 178 valence electrons. The third kappa shape index (κ3) is 5.29. The first-order chi connectivity index (χ1) is 16.0. The summed E-state index contributed by atoms with van der Waals surface area (Å²) in [5.41, 5.74) is 3.35. The molecular weight excluding hydrogens is 482 g/mol. The number of rotatable bonds is 7. The van der Waals surface area contributed by atoms with Gasteiger partial charge in [-0.1, -0.05) is 29.8 Å². The van der Waals surface area contributed by atoms with E-state index in [1.807, 2.05) is 0 Å². The number of methoxy groups -OCH3 is 1. The van der Waals surface area contributed by atoms with Gasteiger partial charge in [-0.2, -0.15) is 0 Å². The Bertz CT molecular complexity index is 1350. The first-order valence-electron chi connectivity index (χ1n) is 10.00. The van der Waals surface area contributed by atoms with Gasteiger partial charge in [-0.25, -0.2) is 13.2 Å². The van der Waals surface area contributed by atoms with E-state index in [4.69, 9.17) is 16.3 Å². The number of carbonyl (C=O) groups is 3. The third-order valence-corrected chi connectivity index (χ3v) is 6.91. The van der Waals surface area contributed by atoms with E-state index in [9.17, 15) is 22.8 Å². The molecule has 1 aromatic heterocycles. The second-order valence-electron chi connectivity index (χ2n) is 7.32. The lowest BCUT2D eigenvalue weighted by Crippen LogP contribution is -2.31. The number of hydrogen-bond acceptors (Lipinski definition) is 6. The molecule has 0 fully saturated rings. The molecule has 2 N–H and O–H groups in total. The number of ether oxygens (including phenoxy) is 1. The molecule has 0 aliphatic heterocycles. The highest BCUT2D eigenvalue weighted by Gasteiger charge is 2.30. The average molecular weight is 504 g/mol. The van der Waals surface area contributed by atoms with Crippen LogP contribution in [0.3, 0.4) is 0 Å². The fourth-order valence-electron chi connectivity index (χ4n) is 3.40. The predicted octanol–water partition coefficient (Wildman–Crippen LogP) is 3.34. The molecule has 11 heteroatoms. The summed E-state index contributed by atoms with van der Waals surface area (Å²) in [5.74, 6) is -3.08. The number of amides is 2. The lowest BCUT2D eigenvalue weighted by atomic mass is 10.1. The van der Waals surface area contributed by atoms with Gasteiger partial charge in [0, 0.05) is 10.7 Å². The van der Waals surface area contributed by atoms with Crippen molar-refractivity contribution in [1.29, 1.82) is 0 Å². The van der Waals surface area contributed by atoms with Gasteiger partial charge in [-0.05, 0) is 50.2 Å². The van der Waals surface area contributed by atoms with Gasteiger partial charge in [0.1, 0.15) is 5.75 Å². The van der Waals surface area contributed by atoms with E-state index in [0.717, 1.165) is 0 Å². The Morgan fingerprint density at radius 2 is 1.53 bits per heavy atom. The van der Waals surface area contributed by atoms with E-state index in [1.54, 1.807) is 30.3 Å². The first-order valence-corrected chi connectivity index (χ1v) is 12.0. The van der Waals surface area contributed by atoms with Crippen LogP contribution in [-0.2, 0) is 19.4 Å². The zero-order valence-electron chi connectivity index (χ0n) is 18.6. The molecule has 9 nitrogen and oxygen atoms in total. The molecular formula is C23H22ClN3O6S. The minimum atomic E-state index is -3.96. The lowest BCUT2D eigenvalue weighted by molar-refractivity contribution is -0.114. The molecule has 0 bridgehead atoms. The number of hydrogen-bond donors (Lipinski definition) is 2. The van der Waals surface area contributed by atoms with Crippen molar-refractivity contribution in [3.05, 3.63) is 82.1 Å². The van der Waals surface area contributed by atoms with E-state index in [2.05, 4.69) is 10.7 Å². The van der Waals surface area contributed by atoms with Crippen molar-refractivity contribution in [2.24, 2.45) is 0 Å². The van der Waals surface area contributed by atoms with Crippen LogP contribution in [0.2, 0.25) is 5.02 Å². The summed E-state index contributed by atoms with van der Waals surface area (Å²) in [6, 6.07) is 14.0. The Labute approximate surface area is 201 Å². The summed E-state index contributed by atoms with van der Waals surface area (Å²) >= 11 is 5.79. The lowest BCUT2D eigenvalue weighted by Gasteiger charge is -2.12. The number of sulfone groups is 1. The number of carbonyl (C=O) groups excluding carboxylic acids is 3. The molecule has 0 aliphatic rings. The maximum Gasteiger partial charge on any atom is 0.340 e. The van der Waals surface area contributed by atoms with Crippen LogP contribution in [0.1, 0.15) is 32.1 Å². The molecule has 34 heavy (non-hydrogen) atoms. The summed E-state index contributed by atoms with van der Waals surface area (Å²) in [5, 5.41) is 3.06. The van der Waals surface area contributed by atoms with Crippen LogP contribution in [0.4, 0.5) is 5.69 Å². The molecule has 1 heterocycles. The fraction of sp³-hybridized carbons (Fsp3) is 0.174. The average Bonchev–Trinajstić information content (AvgIpc) is 3.04. The van der Waals surface area contributed by atoms with Gasteiger partial charge >= 0.3 is 5.97 Å². The van der Waals surface area contributed by atoms with Crippen LogP contribution in [-0.4, -0.2) is 43.7 Å². The summed E-state index contributed by atoms with van der Waals surface area (Å²) in [7, 11) is -2.79. The van der Waals surface area contributed by atoms with Crippen molar-refractivity contribution < 1.29 is 27.5 Å². The number of benzene rings is 2. The largest absolute Gasteiger partial charge is 0.465 e. The van der Waals surface area contributed by atoms with Gasteiger partial charge in [-0.15, -0.1) is 0 Å². The summed E-state index contributed by atoms with van der Waals surface area (Å²) in [6.07, 6.45) is 0. The molecule has 0 aliphatic carbocycles. The second-order valence-corrected chi connectivity index (χ2v) is 9.74. The number of esters is 1. The summed E-state index contributed by atoms with van der Waals surface area (Å²) < 4.78 is 31.2. The molecule has 0 atom stereocenters. The predicted molar refractivity (Wildman–Crippen MR) is 128 cm³/mol. The van der Waals surface area contributed by atoms with Gasteiger partial charge in [0.2, 0.25) is 0 Å². The zero-order chi connectivity index (χ0) is 25.0. The zero-order valence-corrected chi connectivity index (χ0v) is 20.2. The third-order valence-electron chi connectivity index (χ3n) is 5.02. The van der Waals surface area contributed by atoms with Crippen molar-refractivity contribution in [3.63, 3.8) is 0 Å². The molecule has 0 spiro atoms. The highest BCUT2D eigenvalue weighted by atomic mass is 35.5. The van der Waals surface area contributed by atoms with Crippen molar-refractivity contribution in [2.75, 3.05) is 23.6 Å². The topological polar surface area (TPSA) is 124 Å². The Morgan fingerprint density at radius 1 is 0.941 bits per heavy atom. The summed E-state index contributed by atoms with van der Waals surface area (Å²) in [4.78, 5) is 38.1. The Morgan fingerprint density at radius 3 is 2.12 bits per heavy atom. The number of aromatic nitrogens is 1. The highest BCUT2D eigenvalue weighted by Crippen LogP contribution is 2.24. The van der Waals surface area contributed by atoms with Gasteiger partial charge in [0.15, 0.2) is 9.84 Å². The van der Waals surface area contributed by atoms with Gasteiger partial charge in [0.05, 0.1) is 34.5 Å². The van der Waals surface area contributed by atoms with Crippen molar-refractivity contribution in [2.45, 2.75) is 18.7 Å². The SMILES string of the molecule is COC(=O)c1c(C(=O)Nc2ccccc2)c(C)n(NC(=O)CS(=O)(=O)c2ccc(Cl)cc2)c1C. The van der Waals surface area contributed by atoms with Crippen LogP contribution < -0.4 is 10.7 Å². The van der Waals surface area contributed by atoms with Gasteiger partial charge < -0.3 is 10.1 Å². The number of para-hydroxylation sites is 1. The summed E-state index contributed by atoms with van der Waals surface area (Å²) in [6.45, 7) is 3.03. The molecule has 3 rings (SSSR count). The van der Waals surface area contributed by atoms with Crippen LogP contribution >= 0.6 is 11.6 Å². The van der Waals surface area contributed by atoms with Gasteiger partial charge in [0.25, 0.3) is 11.8 Å². The maximum absolute atomic E-state index is 13.0. The number of nitrogens with zero attached hydrogens (tertiary/aromatic N) is 1. The standard InChI is InChI=1S/C23H22ClN3O6S/c1-14-20(22(29)25-17-7-5-4-6-8-17)21(23(30)33-3)15(2)27(14)26-19(28)13-34(31,32)18-11-9-16(24)10-12-18/h4-12H,13H2,1-3H3,(H,25,29)(H,26,28). The van der Waals surface area contributed by atoms with E-state index >= 15 is 0 Å². The molecule has 2 aromatic carbocycles. The van der Waals surface area contributed by atoms with Gasteiger partial charge in [-0.3, -0.25) is 19.7 Å². The molecule has 2 amide bonds. The molecule has 0 radical (unpaired) electrons. The fourth-order valence-corrected chi connectivity index (χ4v) is 4.66. The first kappa shape index (κ1) is 25.0.